The Hall–Kier alpha value is -0.660. The third-order valence-corrected chi connectivity index (χ3v) is 5.20. The highest BCUT2D eigenvalue weighted by Crippen LogP contribution is 2.20. The standard InChI is InChI=1S/C11H21NO5S/c1-12(5-7-17-8-6-13)11(14)10-4-2-3-9-18(10,15)16/h10,13H,2-9H2,1H3. The van der Waals surface area contributed by atoms with Crippen LogP contribution in [0.3, 0.4) is 0 Å². The summed E-state index contributed by atoms with van der Waals surface area (Å²) in [5.74, 6) is -0.236. The molecule has 1 aliphatic rings. The summed E-state index contributed by atoms with van der Waals surface area (Å²) in [5, 5.41) is 7.65. The van der Waals surface area contributed by atoms with Gasteiger partial charge in [0.05, 0.1) is 25.6 Å². The van der Waals surface area contributed by atoms with Crippen LogP contribution < -0.4 is 0 Å². The van der Waals surface area contributed by atoms with Crippen LogP contribution in [0.4, 0.5) is 0 Å². The molecule has 1 aliphatic heterocycles. The summed E-state index contributed by atoms with van der Waals surface area (Å²) in [4.78, 5) is 13.4. The Labute approximate surface area is 108 Å². The van der Waals surface area contributed by atoms with Crippen molar-refractivity contribution in [2.45, 2.75) is 24.5 Å². The molecule has 1 N–H and O–H groups in total. The van der Waals surface area contributed by atoms with Gasteiger partial charge in [-0.1, -0.05) is 6.42 Å². The lowest BCUT2D eigenvalue weighted by Gasteiger charge is -2.26. The largest absolute Gasteiger partial charge is 0.394 e. The van der Waals surface area contributed by atoms with Crippen molar-refractivity contribution in [2.75, 3.05) is 39.2 Å². The van der Waals surface area contributed by atoms with Crippen LogP contribution in [0.15, 0.2) is 0 Å². The fraction of sp³-hybridized carbons (Fsp3) is 0.909. The van der Waals surface area contributed by atoms with Crippen LogP contribution in [0.2, 0.25) is 0 Å². The van der Waals surface area contributed by atoms with E-state index in [2.05, 4.69) is 0 Å². The van der Waals surface area contributed by atoms with Crippen LogP contribution in [-0.2, 0) is 19.4 Å². The van der Waals surface area contributed by atoms with E-state index in [4.69, 9.17) is 9.84 Å². The lowest BCUT2D eigenvalue weighted by molar-refractivity contribution is -0.130. The zero-order valence-corrected chi connectivity index (χ0v) is 11.5. The topological polar surface area (TPSA) is 83.9 Å². The second-order valence-corrected chi connectivity index (χ2v) is 6.75. The Balaban J connectivity index is 2.47. The van der Waals surface area contributed by atoms with Gasteiger partial charge in [0.15, 0.2) is 9.84 Å². The van der Waals surface area contributed by atoms with Gasteiger partial charge in [-0.25, -0.2) is 8.42 Å². The SMILES string of the molecule is CN(CCOCCO)C(=O)C1CCCCS1(=O)=O. The van der Waals surface area contributed by atoms with Gasteiger partial charge >= 0.3 is 0 Å². The summed E-state index contributed by atoms with van der Waals surface area (Å²) in [5.41, 5.74) is 0. The molecule has 0 aromatic carbocycles. The average Bonchev–Trinajstić information content (AvgIpc) is 2.33. The number of aliphatic hydroxyl groups is 1. The van der Waals surface area contributed by atoms with Crippen molar-refractivity contribution >= 4 is 15.7 Å². The van der Waals surface area contributed by atoms with Gasteiger partial charge in [0.2, 0.25) is 5.91 Å². The van der Waals surface area contributed by atoms with Crippen molar-refractivity contribution < 1.29 is 23.1 Å². The fourth-order valence-electron chi connectivity index (χ4n) is 1.96. The lowest BCUT2D eigenvalue weighted by atomic mass is 10.2. The third-order valence-electron chi connectivity index (χ3n) is 3.04. The molecule has 106 valence electrons. The first-order chi connectivity index (χ1) is 8.49. The van der Waals surface area contributed by atoms with E-state index in [0.29, 0.717) is 26.0 Å². The molecule has 6 nitrogen and oxygen atoms in total. The molecule has 1 rings (SSSR count). The molecule has 0 bridgehead atoms. The van der Waals surface area contributed by atoms with E-state index >= 15 is 0 Å². The molecular weight excluding hydrogens is 258 g/mol. The Morgan fingerprint density at radius 1 is 1.39 bits per heavy atom. The van der Waals surface area contributed by atoms with Gasteiger partial charge in [0.1, 0.15) is 5.25 Å². The van der Waals surface area contributed by atoms with E-state index < -0.39 is 15.1 Å². The van der Waals surface area contributed by atoms with Gasteiger partial charge < -0.3 is 14.7 Å². The zero-order valence-electron chi connectivity index (χ0n) is 10.7. The van der Waals surface area contributed by atoms with E-state index in [1.807, 2.05) is 0 Å². The Morgan fingerprint density at radius 3 is 2.72 bits per heavy atom. The minimum Gasteiger partial charge on any atom is -0.394 e. The molecule has 0 spiro atoms. The minimum absolute atomic E-state index is 0.0608. The van der Waals surface area contributed by atoms with Gasteiger partial charge in [0.25, 0.3) is 0 Å². The Kier molecular flexibility index (Phi) is 6.04. The maximum Gasteiger partial charge on any atom is 0.240 e. The monoisotopic (exact) mass is 279 g/mol. The van der Waals surface area contributed by atoms with Crippen LogP contribution in [0.5, 0.6) is 0 Å². The number of carbonyl (C=O) groups excluding carboxylic acids is 1. The van der Waals surface area contributed by atoms with E-state index in [-0.39, 0.29) is 24.9 Å². The number of sulfone groups is 1. The molecule has 1 heterocycles. The van der Waals surface area contributed by atoms with Crippen molar-refractivity contribution in [3.05, 3.63) is 0 Å². The zero-order chi connectivity index (χ0) is 13.6. The van der Waals surface area contributed by atoms with E-state index in [0.717, 1.165) is 6.42 Å². The van der Waals surface area contributed by atoms with Gasteiger partial charge in [-0.15, -0.1) is 0 Å². The summed E-state index contributed by atoms with van der Waals surface area (Å²) >= 11 is 0. The number of hydrogen-bond donors (Lipinski definition) is 1. The first kappa shape index (κ1) is 15.4. The molecule has 18 heavy (non-hydrogen) atoms. The number of amides is 1. The maximum absolute atomic E-state index is 12.0. The van der Waals surface area contributed by atoms with Crippen LogP contribution in [0, 0.1) is 0 Å². The molecule has 0 saturated carbocycles. The number of nitrogens with zero attached hydrogens (tertiary/aromatic N) is 1. The first-order valence-corrected chi connectivity index (χ1v) is 7.85. The highest BCUT2D eigenvalue weighted by Gasteiger charge is 2.36. The number of likely N-dealkylation sites (N-methyl/N-ethyl adjacent to an activating group) is 1. The minimum atomic E-state index is -3.28. The second kappa shape index (κ2) is 7.06. The molecule has 7 heteroatoms. The summed E-state index contributed by atoms with van der Waals surface area (Å²) in [6, 6.07) is 0. The van der Waals surface area contributed by atoms with E-state index in [9.17, 15) is 13.2 Å². The van der Waals surface area contributed by atoms with Crippen molar-refractivity contribution in [3.8, 4) is 0 Å². The maximum atomic E-state index is 12.0. The van der Waals surface area contributed by atoms with Crippen molar-refractivity contribution in [1.29, 1.82) is 0 Å². The smallest absolute Gasteiger partial charge is 0.240 e. The normalized spacial score (nSPS) is 22.7. The van der Waals surface area contributed by atoms with E-state index in [1.165, 1.54) is 4.90 Å². The number of aliphatic hydroxyl groups excluding tert-OH is 1. The molecule has 0 aliphatic carbocycles. The average molecular weight is 279 g/mol. The quantitative estimate of drug-likeness (QED) is 0.658. The van der Waals surface area contributed by atoms with Gasteiger partial charge in [0, 0.05) is 13.6 Å². The Morgan fingerprint density at radius 2 is 2.11 bits per heavy atom. The molecule has 1 amide bonds. The Bertz CT molecular complexity index is 368. The predicted molar refractivity (Wildman–Crippen MR) is 67.0 cm³/mol. The molecule has 0 aromatic heterocycles. The highest BCUT2D eigenvalue weighted by atomic mass is 32.2. The molecule has 1 saturated heterocycles. The molecule has 1 unspecified atom stereocenters. The lowest BCUT2D eigenvalue weighted by Crippen LogP contribution is -2.44. The van der Waals surface area contributed by atoms with Gasteiger partial charge in [-0.2, -0.15) is 0 Å². The van der Waals surface area contributed by atoms with Crippen molar-refractivity contribution in [3.63, 3.8) is 0 Å². The molecule has 1 atom stereocenters. The van der Waals surface area contributed by atoms with Crippen molar-refractivity contribution in [2.24, 2.45) is 0 Å². The van der Waals surface area contributed by atoms with Crippen molar-refractivity contribution in [1.82, 2.24) is 4.90 Å². The van der Waals surface area contributed by atoms with Crippen LogP contribution in [-0.4, -0.2) is 68.7 Å². The third kappa shape index (κ3) is 4.22. The highest BCUT2D eigenvalue weighted by molar-refractivity contribution is 7.92. The number of hydrogen-bond acceptors (Lipinski definition) is 5. The molecule has 0 radical (unpaired) electrons. The number of rotatable bonds is 6. The molecular formula is C11H21NO5S. The summed E-state index contributed by atoms with van der Waals surface area (Å²) in [6.07, 6.45) is 1.85. The summed E-state index contributed by atoms with van der Waals surface area (Å²) in [6.45, 7) is 0.804. The van der Waals surface area contributed by atoms with Crippen LogP contribution in [0.25, 0.3) is 0 Å². The molecule has 0 aromatic rings. The predicted octanol–water partition coefficient (Wildman–Crippen LogP) is -0.579. The van der Waals surface area contributed by atoms with Crippen LogP contribution >= 0.6 is 0 Å². The first-order valence-electron chi connectivity index (χ1n) is 6.14. The second-order valence-electron chi connectivity index (χ2n) is 4.45. The van der Waals surface area contributed by atoms with Gasteiger partial charge in [-0.3, -0.25) is 4.79 Å². The number of ether oxygens (including phenoxy) is 1. The molecule has 1 fully saturated rings. The van der Waals surface area contributed by atoms with E-state index in [1.54, 1.807) is 7.05 Å². The van der Waals surface area contributed by atoms with Crippen LogP contribution in [0.1, 0.15) is 19.3 Å². The summed E-state index contributed by atoms with van der Waals surface area (Å²) in [7, 11) is -1.70. The fourth-order valence-corrected chi connectivity index (χ4v) is 3.86. The number of carbonyl (C=O) groups is 1. The summed E-state index contributed by atoms with van der Waals surface area (Å²) < 4.78 is 28.6. The van der Waals surface area contributed by atoms with Gasteiger partial charge in [-0.05, 0) is 12.8 Å².